The quantitative estimate of drug-likeness (QED) is 0.667. The van der Waals surface area contributed by atoms with E-state index in [1.165, 1.54) is 0 Å². The van der Waals surface area contributed by atoms with Crippen LogP contribution < -0.4 is 5.32 Å². The summed E-state index contributed by atoms with van der Waals surface area (Å²) in [5.74, 6) is 0.369. The van der Waals surface area contributed by atoms with Gasteiger partial charge in [0.25, 0.3) is 5.91 Å². The minimum Gasteiger partial charge on any atom is -0.305 e. The Labute approximate surface area is 163 Å². The molecule has 0 fully saturated rings. The number of benzene rings is 1. The van der Waals surface area contributed by atoms with Crippen LogP contribution >= 0.6 is 11.6 Å². The number of carbonyl (C=O) groups is 1. The third kappa shape index (κ3) is 3.60. The Morgan fingerprint density at radius 2 is 1.89 bits per heavy atom. The van der Waals surface area contributed by atoms with Crippen molar-refractivity contribution in [3.05, 3.63) is 70.1 Å². The molecule has 0 saturated carbocycles. The third-order valence-corrected chi connectivity index (χ3v) is 5.21. The van der Waals surface area contributed by atoms with Crippen LogP contribution in [0, 0.1) is 6.92 Å². The Morgan fingerprint density at radius 1 is 1.11 bits per heavy atom. The Balaban J connectivity index is 1.75. The van der Waals surface area contributed by atoms with Gasteiger partial charge in [-0.1, -0.05) is 24.1 Å². The molecule has 1 aromatic carbocycles. The van der Waals surface area contributed by atoms with E-state index in [1.807, 2.05) is 48.0 Å². The van der Waals surface area contributed by atoms with E-state index in [9.17, 15) is 4.79 Å². The number of fused-ring (bicyclic) bond motifs is 1. The van der Waals surface area contributed by atoms with Crippen molar-refractivity contribution < 1.29 is 4.79 Å². The molecule has 0 bridgehead atoms. The molecular formula is C21H21ClN4O. The zero-order valence-corrected chi connectivity index (χ0v) is 16.0. The summed E-state index contributed by atoms with van der Waals surface area (Å²) in [4.78, 5) is 17.3. The van der Waals surface area contributed by atoms with E-state index in [1.54, 1.807) is 6.20 Å². The number of hydrogen-bond donors (Lipinski definition) is 1. The van der Waals surface area contributed by atoms with E-state index in [0.717, 1.165) is 54.6 Å². The highest BCUT2D eigenvalue weighted by atomic mass is 35.5. The molecule has 0 spiro atoms. The summed E-state index contributed by atoms with van der Waals surface area (Å²) < 4.78 is 1.90. The minimum atomic E-state index is -0.206. The minimum absolute atomic E-state index is 0.206. The number of anilines is 1. The lowest BCUT2D eigenvalue weighted by molar-refractivity contribution is 0.102. The summed E-state index contributed by atoms with van der Waals surface area (Å²) in [6.45, 7) is 1.93. The molecule has 27 heavy (non-hydrogen) atoms. The lowest BCUT2D eigenvalue weighted by Gasteiger charge is -2.07. The second-order valence-corrected chi connectivity index (χ2v) is 7.28. The number of amides is 1. The zero-order chi connectivity index (χ0) is 18.8. The number of pyridine rings is 1. The van der Waals surface area contributed by atoms with Crippen LogP contribution in [-0.2, 0) is 12.8 Å². The monoisotopic (exact) mass is 380 g/mol. The van der Waals surface area contributed by atoms with Crippen molar-refractivity contribution >= 4 is 23.3 Å². The highest BCUT2D eigenvalue weighted by molar-refractivity contribution is 6.30. The normalized spacial score (nSPS) is 13.7. The molecule has 0 radical (unpaired) electrons. The Hall–Kier alpha value is -2.66. The highest BCUT2D eigenvalue weighted by Gasteiger charge is 2.25. The molecule has 0 aliphatic heterocycles. The number of nitrogens with one attached hydrogen (secondary N) is 1. The molecule has 0 unspecified atom stereocenters. The number of hydrogen-bond acceptors (Lipinski definition) is 3. The van der Waals surface area contributed by atoms with Crippen LogP contribution in [0.1, 0.15) is 46.6 Å². The molecule has 138 valence electrons. The fraction of sp³-hybridized carbons (Fsp3) is 0.286. The smallest absolute Gasteiger partial charge is 0.277 e. The first-order chi connectivity index (χ1) is 13.1. The maximum atomic E-state index is 13.0. The SMILES string of the molecule is Cc1cccnc1NC(=O)c1nn(-c2ccc(Cl)cc2)c2c1CCCCC2. The van der Waals surface area contributed by atoms with Crippen molar-refractivity contribution in [2.24, 2.45) is 0 Å². The molecule has 2 heterocycles. The molecule has 6 heteroatoms. The molecule has 3 aromatic rings. The van der Waals surface area contributed by atoms with Gasteiger partial charge in [0.15, 0.2) is 5.69 Å². The number of aryl methyl sites for hydroxylation is 1. The van der Waals surface area contributed by atoms with Crippen LogP contribution in [0.2, 0.25) is 5.02 Å². The van der Waals surface area contributed by atoms with Gasteiger partial charge in [-0.15, -0.1) is 0 Å². The molecule has 1 amide bonds. The summed E-state index contributed by atoms with van der Waals surface area (Å²) >= 11 is 6.03. The van der Waals surface area contributed by atoms with Crippen molar-refractivity contribution in [1.82, 2.24) is 14.8 Å². The first kappa shape index (κ1) is 17.7. The Morgan fingerprint density at radius 3 is 2.67 bits per heavy atom. The summed E-state index contributed by atoms with van der Waals surface area (Å²) in [6, 6.07) is 11.3. The largest absolute Gasteiger partial charge is 0.305 e. The summed E-state index contributed by atoms with van der Waals surface area (Å²) in [7, 11) is 0. The van der Waals surface area contributed by atoms with Crippen LogP contribution in [-0.4, -0.2) is 20.7 Å². The number of aromatic nitrogens is 3. The van der Waals surface area contributed by atoms with Crippen LogP contribution in [0.3, 0.4) is 0 Å². The molecule has 4 rings (SSSR count). The van der Waals surface area contributed by atoms with Gasteiger partial charge in [0.2, 0.25) is 0 Å². The number of rotatable bonds is 3. The van der Waals surface area contributed by atoms with E-state index >= 15 is 0 Å². The Bertz CT molecular complexity index is 978. The van der Waals surface area contributed by atoms with E-state index in [2.05, 4.69) is 10.3 Å². The van der Waals surface area contributed by atoms with E-state index in [0.29, 0.717) is 16.5 Å². The summed E-state index contributed by atoms with van der Waals surface area (Å²) in [5.41, 5.74) is 4.51. The van der Waals surface area contributed by atoms with Gasteiger partial charge in [-0.25, -0.2) is 9.67 Å². The predicted octanol–water partition coefficient (Wildman–Crippen LogP) is 4.75. The fourth-order valence-electron chi connectivity index (χ4n) is 3.54. The van der Waals surface area contributed by atoms with Gasteiger partial charge in [0.05, 0.1) is 5.69 Å². The van der Waals surface area contributed by atoms with Gasteiger partial charge in [-0.3, -0.25) is 4.79 Å². The van der Waals surface area contributed by atoms with Crippen LogP contribution in [0.25, 0.3) is 5.69 Å². The average Bonchev–Trinajstić information content (AvgIpc) is 2.86. The van der Waals surface area contributed by atoms with Gasteiger partial charge in [-0.05, 0) is 68.5 Å². The van der Waals surface area contributed by atoms with Crippen molar-refractivity contribution in [2.45, 2.75) is 39.0 Å². The maximum absolute atomic E-state index is 13.0. The lowest BCUT2D eigenvalue weighted by Crippen LogP contribution is -2.16. The van der Waals surface area contributed by atoms with Gasteiger partial charge in [0, 0.05) is 22.5 Å². The molecule has 0 atom stereocenters. The van der Waals surface area contributed by atoms with Crippen molar-refractivity contribution in [2.75, 3.05) is 5.32 Å². The van der Waals surface area contributed by atoms with Crippen LogP contribution in [0.15, 0.2) is 42.6 Å². The zero-order valence-electron chi connectivity index (χ0n) is 15.2. The molecule has 1 aliphatic carbocycles. The number of halogens is 1. The average molecular weight is 381 g/mol. The van der Waals surface area contributed by atoms with Gasteiger partial charge in [0.1, 0.15) is 5.82 Å². The maximum Gasteiger partial charge on any atom is 0.277 e. The molecule has 5 nitrogen and oxygen atoms in total. The lowest BCUT2D eigenvalue weighted by atomic mass is 10.1. The second kappa shape index (κ2) is 7.53. The molecular weight excluding hydrogens is 360 g/mol. The molecule has 1 aliphatic rings. The van der Waals surface area contributed by atoms with E-state index in [-0.39, 0.29) is 5.91 Å². The van der Waals surface area contributed by atoms with E-state index < -0.39 is 0 Å². The van der Waals surface area contributed by atoms with E-state index in [4.69, 9.17) is 16.7 Å². The topological polar surface area (TPSA) is 59.8 Å². The van der Waals surface area contributed by atoms with Crippen molar-refractivity contribution in [3.8, 4) is 5.69 Å². The number of carbonyl (C=O) groups excluding carboxylic acids is 1. The van der Waals surface area contributed by atoms with Gasteiger partial charge >= 0.3 is 0 Å². The van der Waals surface area contributed by atoms with Crippen molar-refractivity contribution in [3.63, 3.8) is 0 Å². The highest BCUT2D eigenvalue weighted by Crippen LogP contribution is 2.27. The fourth-order valence-corrected chi connectivity index (χ4v) is 3.66. The molecule has 2 aromatic heterocycles. The number of nitrogens with zero attached hydrogens (tertiary/aromatic N) is 3. The Kier molecular flexibility index (Phi) is 4.94. The molecule has 0 saturated heterocycles. The first-order valence-electron chi connectivity index (χ1n) is 9.23. The summed E-state index contributed by atoms with van der Waals surface area (Å²) in [6.07, 6.45) is 6.80. The van der Waals surface area contributed by atoms with Gasteiger partial charge < -0.3 is 5.32 Å². The summed E-state index contributed by atoms with van der Waals surface area (Å²) in [5, 5.41) is 8.30. The third-order valence-electron chi connectivity index (χ3n) is 4.96. The van der Waals surface area contributed by atoms with Crippen LogP contribution in [0.5, 0.6) is 0 Å². The van der Waals surface area contributed by atoms with Crippen LogP contribution in [0.4, 0.5) is 5.82 Å². The second-order valence-electron chi connectivity index (χ2n) is 6.85. The van der Waals surface area contributed by atoms with Gasteiger partial charge in [-0.2, -0.15) is 5.10 Å². The van der Waals surface area contributed by atoms with Crippen molar-refractivity contribution in [1.29, 1.82) is 0 Å². The molecule has 1 N–H and O–H groups in total. The predicted molar refractivity (Wildman–Crippen MR) is 107 cm³/mol. The first-order valence-corrected chi connectivity index (χ1v) is 9.61. The standard InChI is InChI=1S/C21H21ClN4O/c1-14-6-5-13-23-20(14)24-21(27)19-17-7-3-2-4-8-18(17)26(25-19)16-11-9-15(22)10-12-16/h5-6,9-13H,2-4,7-8H2,1H3,(H,23,24,27).